The second kappa shape index (κ2) is 30.5. The number of unbranched alkanes of at least 4 members (excludes halogenated alkanes) is 2. The van der Waals surface area contributed by atoms with Gasteiger partial charge in [0, 0.05) is 47.6 Å². The Bertz CT molecular complexity index is 4180. The van der Waals surface area contributed by atoms with E-state index in [0.717, 1.165) is 12.8 Å². The molecule has 20 heteroatoms. The molecule has 92 heavy (non-hydrogen) atoms. The lowest BCUT2D eigenvalue weighted by Crippen LogP contribution is -2.40. The summed E-state index contributed by atoms with van der Waals surface area (Å²) in [4.78, 5) is 104. The van der Waals surface area contributed by atoms with Crippen molar-refractivity contribution in [1.82, 2.24) is 19.9 Å². The van der Waals surface area contributed by atoms with Gasteiger partial charge in [-0.15, -0.1) is 0 Å². The third-order valence-electron chi connectivity index (χ3n) is 15.3. The van der Waals surface area contributed by atoms with Crippen molar-refractivity contribution in [3.05, 3.63) is 264 Å². The third kappa shape index (κ3) is 14.9. The first-order valence-corrected chi connectivity index (χ1v) is 34.9. The molecule has 0 aliphatic carbocycles. The fraction of sp³-hybridized carbons (Fsp3) is 0.167. The number of hydrogen-bond acceptors (Lipinski definition) is 16. The number of aliphatic imine (C=N–C) groups is 4. The number of carbonyl (C=O) groups is 4. The zero-order valence-corrected chi connectivity index (χ0v) is 53.4. The largest absolute Gasteiger partial charge is 0.283 e. The summed E-state index contributed by atoms with van der Waals surface area (Å²) in [6.07, 6.45) is 18.8. The standard InChI is InChI=1S/C72H62N12O4S4/c1-2-3-39-59(66-78-61(46-52-28-19-23-42-74-52)68(86)82(66)56-33-10-5-11-34-56)64(90-92-72-80-63(48-54-30-21-25-44-76-54)70(88)84(72)58-37-14-7-15-38-58)40-17-16-26-50(65-77-60(45-51-27-18-22-41-73-51)67(85)81(65)55-31-8-4-9-32-55)49-89-91-71-79-62(47-53-29-20-24-43-75-53)69(87)83(71)57-35-12-6-13-36-57/h4-15,18-25,27-38,41-48,50,59,64H,2-3,16-17,26,39-40,49H2,1H3/b60-45?,61-46-,62-47?,63-48-. The van der Waals surface area contributed by atoms with Gasteiger partial charge in [-0.3, -0.25) is 58.7 Å². The van der Waals surface area contributed by atoms with Gasteiger partial charge in [-0.2, -0.15) is 0 Å². The van der Waals surface area contributed by atoms with Crippen molar-refractivity contribution >= 4 is 136 Å². The molecule has 4 aromatic heterocycles. The van der Waals surface area contributed by atoms with Crippen LogP contribution < -0.4 is 19.6 Å². The van der Waals surface area contributed by atoms with Gasteiger partial charge in [-0.1, -0.05) is 151 Å². The predicted molar refractivity (Wildman–Crippen MR) is 378 cm³/mol. The van der Waals surface area contributed by atoms with Crippen LogP contribution in [-0.4, -0.2) is 76.6 Å². The van der Waals surface area contributed by atoms with Gasteiger partial charge in [-0.25, -0.2) is 20.0 Å². The molecular formula is C72H62N12O4S4. The highest BCUT2D eigenvalue weighted by molar-refractivity contribution is 8.82. The lowest BCUT2D eigenvalue weighted by atomic mass is 9.91. The number of carbonyl (C=O) groups excluding carboxylic acids is 4. The molecular weight excluding hydrogens is 1230 g/mol. The van der Waals surface area contributed by atoms with Crippen molar-refractivity contribution in [2.24, 2.45) is 31.8 Å². The molecule has 8 heterocycles. The Morgan fingerprint density at radius 3 is 1.15 bits per heavy atom. The van der Waals surface area contributed by atoms with E-state index in [4.69, 9.17) is 20.0 Å². The lowest BCUT2D eigenvalue weighted by Gasteiger charge is -2.31. The maximum atomic E-state index is 15.0. The molecule has 3 atom stereocenters. The molecule has 8 aromatic rings. The summed E-state index contributed by atoms with van der Waals surface area (Å²) in [6, 6.07) is 60.5. The third-order valence-corrected chi connectivity index (χ3v) is 20.4. The van der Waals surface area contributed by atoms with E-state index in [9.17, 15) is 19.2 Å². The Morgan fingerprint density at radius 2 is 0.739 bits per heavy atom. The number of pyridine rings is 4. The van der Waals surface area contributed by atoms with Gasteiger partial charge in [-0.05, 0) is 162 Å². The van der Waals surface area contributed by atoms with E-state index < -0.39 is 0 Å². The Morgan fingerprint density at radius 1 is 0.380 bits per heavy atom. The second-order valence-corrected chi connectivity index (χ2v) is 26.3. The molecule has 0 saturated carbocycles. The second-order valence-electron chi connectivity index (χ2n) is 21.6. The summed E-state index contributed by atoms with van der Waals surface area (Å²) in [5.41, 5.74) is 6.27. The van der Waals surface area contributed by atoms with Crippen LogP contribution in [0.25, 0.3) is 24.3 Å². The molecule has 0 saturated heterocycles. The summed E-state index contributed by atoms with van der Waals surface area (Å²) in [7, 11) is 6.02. The maximum absolute atomic E-state index is 15.0. The number of hydrogen-bond donors (Lipinski definition) is 0. The minimum Gasteiger partial charge on any atom is -0.266 e. The quantitative estimate of drug-likeness (QED) is 0.0318. The summed E-state index contributed by atoms with van der Waals surface area (Å²) < 4.78 is 0. The Labute approximate surface area is 550 Å². The summed E-state index contributed by atoms with van der Waals surface area (Å²) in [5, 5.41) is 0.799. The molecule has 16 nitrogen and oxygen atoms in total. The topological polar surface area (TPSA) is 182 Å². The van der Waals surface area contributed by atoms with Gasteiger partial charge < -0.3 is 0 Å². The highest BCUT2D eigenvalue weighted by atomic mass is 33.1. The first-order chi connectivity index (χ1) is 45.3. The van der Waals surface area contributed by atoms with Crippen LogP contribution in [0.2, 0.25) is 0 Å². The molecule has 4 amide bonds. The molecule has 4 aliphatic rings. The first kappa shape index (κ1) is 62.6. The number of amides is 4. The Kier molecular flexibility index (Phi) is 20.7. The number of benzene rings is 4. The number of rotatable bonds is 24. The molecule has 0 bridgehead atoms. The van der Waals surface area contributed by atoms with Gasteiger partial charge in [0.1, 0.15) is 34.5 Å². The minimum absolute atomic E-state index is 0.199. The molecule has 12 rings (SSSR count). The highest BCUT2D eigenvalue weighted by Crippen LogP contribution is 2.45. The van der Waals surface area contributed by atoms with E-state index >= 15 is 0 Å². The molecule has 0 radical (unpaired) electrons. The Balaban J connectivity index is 0.899. The number of anilines is 4. The van der Waals surface area contributed by atoms with Gasteiger partial charge in [0.25, 0.3) is 23.6 Å². The van der Waals surface area contributed by atoms with Crippen LogP contribution in [-0.2, 0) is 19.2 Å². The molecule has 0 N–H and O–H groups in total. The van der Waals surface area contributed by atoms with Crippen LogP contribution in [0.15, 0.2) is 262 Å². The number of para-hydroxylation sites is 4. The molecule has 0 spiro atoms. The average molecular weight is 1290 g/mol. The molecule has 458 valence electrons. The van der Waals surface area contributed by atoms with E-state index in [-0.39, 0.29) is 63.5 Å². The van der Waals surface area contributed by atoms with Crippen LogP contribution >= 0.6 is 43.2 Å². The summed E-state index contributed by atoms with van der Waals surface area (Å²) in [5.74, 6) is 0.0933. The van der Waals surface area contributed by atoms with E-state index in [1.54, 1.807) is 90.3 Å². The molecule has 3 unspecified atom stereocenters. The van der Waals surface area contributed by atoms with Gasteiger partial charge >= 0.3 is 0 Å². The fourth-order valence-electron chi connectivity index (χ4n) is 10.9. The van der Waals surface area contributed by atoms with Crippen molar-refractivity contribution < 1.29 is 19.2 Å². The summed E-state index contributed by atoms with van der Waals surface area (Å²) >= 11 is 0. The first-order valence-electron chi connectivity index (χ1n) is 30.3. The van der Waals surface area contributed by atoms with E-state index in [2.05, 4.69) is 26.9 Å². The summed E-state index contributed by atoms with van der Waals surface area (Å²) in [6.45, 7) is 2.17. The monoisotopic (exact) mass is 1290 g/mol. The van der Waals surface area contributed by atoms with Crippen molar-refractivity contribution in [3.8, 4) is 0 Å². The normalized spacial score (nSPS) is 17.7. The molecule has 4 aliphatic heterocycles. The van der Waals surface area contributed by atoms with Crippen molar-refractivity contribution in [3.63, 3.8) is 0 Å². The van der Waals surface area contributed by atoms with Crippen molar-refractivity contribution in [2.75, 3.05) is 25.4 Å². The van der Waals surface area contributed by atoms with E-state index in [1.807, 2.05) is 194 Å². The molecule has 0 fully saturated rings. The number of aromatic nitrogens is 4. The molecule has 4 aromatic carbocycles. The number of nitrogens with zero attached hydrogens (tertiary/aromatic N) is 12. The van der Waals surface area contributed by atoms with Crippen LogP contribution in [0.3, 0.4) is 0 Å². The van der Waals surface area contributed by atoms with Crippen LogP contribution in [0.1, 0.15) is 74.6 Å². The van der Waals surface area contributed by atoms with E-state index in [1.165, 1.54) is 21.6 Å². The Hall–Kier alpha value is -9.60. The van der Waals surface area contributed by atoms with Gasteiger partial charge in [0.2, 0.25) is 0 Å². The van der Waals surface area contributed by atoms with Crippen LogP contribution in [0, 0.1) is 11.8 Å². The predicted octanol–water partition coefficient (Wildman–Crippen LogP) is 15.5. The zero-order valence-electron chi connectivity index (χ0n) is 50.1. The maximum Gasteiger partial charge on any atom is 0.283 e. The van der Waals surface area contributed by atoms with E-state index in [0.29, 0.717) is 105 Å². The smallest absolute Gasteiger partial charge is 0.266 e. The SMILES string of the molecule is CCCCC(C1=N/C(=C\c2ccccn2)C(=O)N1c1ccccc1)C(CCCCC(CSSC1=NC(=Cc2ccccn2)C(=O)N1c1ccccc1)C1=NC(=Cc2ccccn2)C(=O)N1c1ccccc1)SSC1=N/C(=C\c2ccccn2)C(=O)N1c1ccccc1. The minimum atomic E-state index is -0.304. The highest BCUT2D eigenvalue weighted by Gasteiger charge is 2.42. The van der Waals surface area contributed by atoms with Gasteiger partial charge in [0.15, 0.2) is 10.3 Å². The zero-order chi connectivity index (χ0) is 63.0. The average Bonchev–Trinajstić information content (AvgIpc) is 1.85. The van der Waals surface area contributed by atoms with Crippen molar-refractivity contribution in [1.29, 1.82) is 0 Å². The lowest BCUT2D eigenvalue weighted by molar-refractivity contribution is -0.114. The van der Waals surface area contributed by atoms with Gasteiger partial charge in [0.05, 0.1) is 45.5 Å². The fourth-order valence-corrected chi connectivity index (χ4v) is 16.2. The van der Waals surface area contributed by atoms with Crippen LogP contribution in [0.5, 0.6) is 0 Å². The van der Waals surface area contributed by atoms with Crippen molar-refractivity contribution in [2.45, 2.75) is 57.1 Å². The number of amidine groups is 4. The van der Waals surface area contributed by atoms with Crippen LogP contribution in [0.4, 0.5) is 22.7 Å².